The van der Waals surface area contributed by atoms with Crippen molar-refractivity contribution in [3.8, 4) is 0 Å². The number of allylic oxidation sites excluding steroid dienone is 4. The van der Waals surface area contributed by atoms with Crippen molar-refractivity contribution in [3.05, 3.63) is 59.7 Å². The van der Waals surface area contributed by atoms with Crippen LogP contribution < -0.4 is 10.6 Å². The minimum Gasteiger partial charge on any atom is -0.364 e. The number of carbonyl (C=O) groups excluding carboxylic acids is 2. The number of anilines is 1. The Balaban J connectivity index is 1.81. The molecule has 28 heavy (non-hydrogen) atoms. The van der Waals surface area contributed by atoms with Gasteiger partial charge in [-0.1, -0.05) is 19.9 Å². The van der Waals surface area contributed by atoms with Crippen molar-refractivity contribution in [2.75, 3.05) is 4.90 Å². The molecule has 2 N–H and O–H groups in total. The zero-order valence-corrected chi connectivity index (χ0v) is 15.9. The summed E-state index contributed by atoms with van der Waals surface area (Å²) in [7, 11) is 0. The molecule has 3 heterocycles. The maximum absolute atomic E-state index is 13.2. The third-order valence-electron chi connectivity index (χ3n) is 5.34. The van der Waals surface area contributed by atoms with Gasteiger partial charge in [-0.05, 0) is 25.0 Å². The summed E-state index contributed by atoms with van der Waals surface area (Å²) in [5.41, 5.74) is 7.39. The van der Waals surface area contributed by atoms with Gasteiger partial charge in [0.25, 0.3) is 5.91 Å². The second-order valence-corrected chi connectivity index (χ2v) is 7.52. The van der Waals surface area contributed by atoms with Crippen LogP contribution in [0.1, 0.15) is 42.1 Å². The van der Waals surface area contributed by atoms with E-state index in [0.717, 1.165) is 16.8 Å². The zero-order chi connectivity index (χ0) is 20.1. The van der Waals surface area contributed by atoms with Crippen LogP contribution in [0.2, 0.25) is 0 Å². The summed E-state index contributed by atoms with van der Waals surface area (Å²) in [5, 5.41) is 0. The van der Waals surface area contributed by atoms with Crippen molar-refractivity contribution in [3.63, 3.8) is 0 Å². The van der Waals surface area contributed by atoms with Crippen LogP contribution in [-0.4, -0.2) is 31.8 Å². The molecule has 1 atom stereocenters. The highest BCUT2D eigenvalue weighted by Gasteiger charge is 2.52. The molecule has 1 unspecified atom stereocenters. The summed E-state index contributed by atoms with van der Waals surface area (Å²) in [5.74, 6) is 0.211. The lowest BCUT2D eigenvalue weighted by Crippen LogP contribution is -2.32. The highest BCUT2D eigenvalue weighted by atomic mass is 16.2. The van der Waals surface area contributed by atoms with Crippen LogP contribution in [0.3, 0.4) is 0 Å². The average Bonchev–Trinajstić information content (AvgIpc) is 2.88. The predicted octanol–water partition coefficient (Wildman–Crippen LogP) is 2.03. The van der Waals surface area contributed by atoms with Gasteiger partial charge < -0.3 is 5.73 Å². The molecule has 1 aliphatic heterocycles. The van der Waals surface area contributed by atoms with Gasteiger partial charge in [0, 0.05) is 29.6 Å². The summed E-state index contributed by atoms with van der Waals surface area (Å²) in [4.78, 5) is 43.1. The topological polar surface area (TPSA) is 115 Å². The van der Waals surface area contributed by atoms with Gasteiger partial charge in [-0.2, -0.15) is 0 Å². The minimum atomic E-state index is -0.688. The summed E-state index contributed by atoms with van der Waals surface area (Å²) in [6.07, 6.45) is 11.1. The largest absolute Gasteiger partial charge is 0.364 e. The van der Waals surface area contributed by atoms with E-state index in [0.29, 0.717) is 18.1 Å². The third-order valence-corrected chi connectivity index (χ3v) is 5.34. The van der Waals surface area contributed by atoms with Crippen molar-refractivity contribution >= 4 is 23.2 Å². The number of fused-ring (bicyclic) bond motifs is 1. The summed E-state index contributed by atoms with van der Waals surface area (Å²) < 4.78 is 0. The van der Waals surface area contributed by atoms with E-state index < -0.39 is 11.3 Å². The second-order valence-electron chi connectivity index (χ2n) is 7.52. The summed E-state index contributed by atoms with van der Waals surface area (Å²) in [6, 6.07) is 0. The molecular weight excluding hydrogens is 356 g/mol. The highest BCUT2D eigenvalue weighted by Crippen LogP contribution is 2.49. The summed E-state index contributed by atoms with van der Waals surface area (Å²) >= 11 is 0. The smallest absolute Gasteiger partial charge is 0.268 e. The molecule has 2 amide bonds. The molecule has 142 valence electrons. The first-order valence-electron chi connectivity index (χ1n) is 8.96. The number of nitrogens with two attached hydrogens (primary N) is 1. The highest BCUT2D eigenvalue weighted by molar-refractivity contribution is 6.04. The number of aryl methyl sites for hydroxylation is 1. The first-order valence-corrected chi connectivity index (χ1v) is 8.96. The van der Waals surface area contributed by atoms with Crippen molar-refractivity contribution in [2.45, 2.75) is 27.2 Å². The molecule has 2 aromatic rings. The average molecular weight is 376 g/mol. The molecule has 2 aliphatic rings. The van der Waals surface area contributed by atoms with Crippen LogP contribution in [0.5, 0.6) is 0 Å². The molecular formula is C20H20N6O2. The molecule has 8 nitrogen and oxygen atoms in total. The Morgan fingerprint density at radius 3 is 2.61 bits per heavy atom. The molecule has 0 bridgehead atoms. The van der Waals surface area contributed by atoms with E-state index >= 15 is 0 Å². The number of amides is 2. The minimum absolute atomic E-state index is 0.00542. The number of aromatic nitrogens is 4. The number of carbonyl (C=O) groups is 2. The van der Waals surface area contributed by atoms with Crippen LogP contribution >= 0.6 is 0 Å². The van der Waals surface area contributed by atoms with Gasteiger partial charge in [-0.15, -0.1) is 0 Å². The molecule has 1 fully saturated rings. The fourth-order valence-corrected chi connectivity index (χ4v) is 3.68. The van der Waals surface area contributed by atoms with Gasteiger partial charge in [0.05, 0.1) is 17.8 Å². The molecule has 1 aliphatic carbocycles. The van der Waals surface area contributed by atoms with Crippen LogP contribution in [0.25, 0.3) is 5.57 Å². The van der Waals surface area contributed by atoms with Gasteiger partial charge in [0.2, 0.25) is 5.91 Å². The Kier molecular flexibility index (Phi) is 4.06. The van der Waals surface area contributed by atoms with E-state index in [1.807, 2.05) is 26.8 Å². The van der Waals surface area contributed by atoms with Gasteiger partial charge in [-0.3, -0.25) is 19.5 Å². The number of hydrogen-bond donors (Lipinski definition) is 1. The van der Waals surface area contributed by atoms with Crippen molar-refractivity contribution < 1.29 is 9.59 Å². The van der Waals surface area contributed by atoms with Crippen LogP contribution in [0, 0.1) is 18.3 Å². The molecule has 1 saturated heterocycles. The predicted molar refractivity (Wildman–Crippen MR) is 103 cm³/mol. The number of hydrogen-bond acceptors (Lipinski definition) is 6. The second kappa shape index (κ2) is 6.33. The maximum Gasteiger partial charge on any atom is 0.268 e. The van der Waals surface area contributed by atoms with Crippen LogP contribution in [0.4, 0.5) is 5.82 Å². The first-order chi connectivity index (χ1) is 13.3. The Labute approximate surface area is 162 Å². The van der Waals surface area contributed by atoms with E-state index in [1.165, 1.54) is 12.4 Å². The molecule has 0 saturated carbocycles. The molecule has 0 spiro atoms. The Bertz CT molecular complexity index is 1040. The fourth-order valence-electron chi connectivity index (χ4n) is 3.68. The normalized spacial score (nSPS) is 20.5. The van der Waals surface area contributed by atoms with Gasteiger partial charge in [0.1, 0.15) is 11.5 Å². The molecule has 0 radical (unpaired) electrons. The van der Waals surface area contributed by atoms with Crippen molar-refractivity contribution in [2.24, 2.45) is 17.1 Å². The van der Waals surface area contributed by atoms with Crippen molar-refractivity contribution in [1.29, 1.82) is 0 Å². The van der Waals surface area contributed by atoms with Crippen LogP contribution in [0.15, 0.2) is 42.6 Å². The Hall–Kier alpha value is -3.42. The molecule has 8 heteroatoms. The lowest BCUT2D eigenvalue weighted by Gasteiger charge is -2.25. The van der Waals surface area contributed by atoms with E-state index in [4.69, 9.17) is 5.73 Å². The molecule has 2 aromatic heterocycles. The van der Waals surface area contributed by atoms with Crippen molar-refractivity contribution in [1.82, 2.24) is 19.9 Å². The van der Waals surface area contributed by atoms with E-state index in [1.54, 1.807) is 17.3 Å². The number of rotatable bonds is 3. The lowest BCUT2D eigenvalue weighted by atomic mass is 9.75. The third kappa shape index (κ3) is 2.77. The van der Waals surface area contributed by atoms with Crippen LogP contribution in [-0.2, 0) is 4.79 Å². The monoisotopic (exact) mass is 376 g/mol. The lowest BCUT2D eigenvalue weighted by molar-refractivity contribution is -0.125. The Morgan fingerprint density at radius 1 is 1.21 bits per heavy atom. The zero-order valence-electron chi connectivity index (χ0n) is 15.9. The van der Waals surface area contributed by atoms with Gasteiger partial charge >= 0.3 is 0 Å². The SMILES string of the molecule is Cc1ncc(C2=CCC3C(=C2)N(c2cncc(C(N)=O)n2)C(=O)C3(C)C)cn1. The first kappa shape index (κ1) is 18.0. The van der Waals surface area contributed by atoms with Gasteiger partial charge in [-0.25, -0.2) is 15.0 Å². The quantitative estimate of drug-likeness (QED) is 0.876. The number of primary amides is 1. The Morgan fingerprint density at radius 2 is 1.93 bits per heavy atom. The van der Waals surface area contributed by atoms with Gasteiger partial charge in [0.15, 0.2) is 5.82 Å². The number of nitrogens with zero attached hydrogens (tertiary/aromatic N) is 5. The van der Waals surface area contributed by atoms with E-state index in [9.17, 15) is 9.59 Å². The van der Waals surface area contributed by atoms with E-state index in [-0.39, 0.29) is 17.5 Å². The summed E-state index contributed by atoms with van der Waals surface area (Å²) in [6.45, 7) is 5.68. The maximum atomic E-state index is 13.2. The molecule has 4 rings (SSSR count). The fraction of sp³-hybridized carbons (Fsp3) is 0.300. The van der Waals surface area contributed by atoms with E-state index in [2.05, 4.69) is 26.0 Å². The standard InChI is InChI=1S/C20H20N6O2/c1-11-23-7-13(8-24-11)12-4-5-14-16(6-12)26(19(28)20(14,2)3)17-10-22-9-15(25-17)18(21)27/h4,6-10,14H,5H2,1-3H3,(H2,21,27). The molecule has 0 aromatic carbocycles.